The number of hydrogen-bond donors (Lipinski definition) is 1. The number of carbonyl (C=O) groups excluding carboxylic acids is 1. The Morgan fingerprint density at radius 3 is 2.58 bits per heavy atom. The monoisotopic (exact) mass is 385 g/mol. The molecule has 7 heteroatoms. The second-order valence-corrected chi connectivity index (χ2v) is 7.04. The van der Waals surface area contributed by atoms with Crippen molar-refractivity contribution >= 4 is 18.3 Å². The van der Waals surface area contributed by atoms with Crippen molar-refractivity contribution in [3.05, 3.63) is 23.8 Å². The van der Waals surface area contributed by atoms with E-state index in [1.165, 1.54) is 4.90 Å². The molecule has 148 valence electrons. The van der Waals surface area contributed by atoms with E-state index in [2.05, 4.69) is 11.8 Å². The maximum atomic E-state index is 12.0. The fraction of sp³-hybridized carbons (Fsp3) is 0.632. The summed E-state index contributed by atoms with van der Waals surface area (Å²) >= 11 is 0. The van der Waals surface area contributed by atoms with Crippen molar-refractivity contribution < 1.29 is 14.3 Å². The molecule has 1 amide bonds. The van der Waals surface area contributed by atoms with Crippen molar-refractivity contribution in [1.82, 2.24) is 9.80 Å². The molecule has 3 atom stereocenters. The minimum absolute atomic E-state index is 0. The zero-order valence-corrected chi connectivity index (χ0v) is 17.2. The number of rotatable bonds is 7. The lowest BCUT2D eigenvalue weighted by Gasteiger charge is -2.21. The molecule has 0 aliphatic carbocycles. The lowest BCUT2D eigenvalue weighted by Crippen LogP contribution is -2.35. The molecule has 1 saturated heterocycles. The highest BCUT2D eigenvalue weighted by atomic mass is 35.5. The Hall–Kier alpha value is -1.50. The molecule has 0 spiro atoms. The molecule has 0 saturated carbocycles. The predicted octanol–water partition coefficient (Wildman–Crippen LogP) is 2.14. The molecule has 1 aliphatic heterocycles. The molecule has 1 aromatic carbocycles. The van der Waals surface area contributed by atoms with Gasteiger partial charge in [-0.2, -0.15) is 0 Å². The van der Waals surface area contributed by atoms with Crippen molar-refractivity contribution in [3.8, 4) is 11.5 Å². The van der Waals surface area contributed by atoms with Gasteiger partial charge >= 0.3 is 0 Å². The van der Waals surface area contributed by atoms with Gasteiger partial charge in [-0.1, -0.05) is 13.0 Å². The maximum Gasteiger partial charge on any atom is 0.262 e. The first-order chi connectivity index (χ1) is 11.8. The Balaban J connectivity index is 0.00000338. The van der Waals surface area contributed by atoms with Gasteiger partial charge in [-0.05, 0) is 37.5 Å². The van der Waals surface area contributed by atoms with Crippen LogP contribution >= 0.6 is 12.4 Å². The number of amides is 1. The van der Waals surface area contributed by atoms with Gasteiger partial charge in [-0.3, -0.25) is 9.69 Å². The molecular formula is C19H32ClN3O3. The molecule has 3 unspecified atom stereocenters. The summed E-state index contributed by atoms with van der Waals surface area (Å²) in [6.07, 6.45) is -0.558. The van der Waals surface area contributed by atoms with Crippen molar-refractivity contribution in [2.45, 2.75) is 39.5 Å². The third kappa shape index (κ3) is 5.76. The molecule has 0 bridgehead atoms. The molecule has 0 radical (unpaired) electrons. The molecule has 2 N–H and O–H groups in total. The van der Waals surface area contributed by atoms with E-state index in [1.54, 1.807) is 21.0 Å². The quantitative estimate of drug-likeness (QED) is 0.778. The second-order valence-electron chi connectivity index (χ2n) is 7.04. The van der Waals surface area contributed by atoms with Gasteiger partial charge in [0, 0.05) is 39.8 Å². The van der Waals surface area contributed by atoms with Crippen LogP contribution in [0.2, 0.25) is 0 Å². The van der Waals surface area contributed by atoms with Crippen LogP contribution in [0, 0.1) is 5.92 Å². The van der Waals surface area contributed by atoms with Crippen LogP contribution in [0.5, 0.6) is 11.5 Å². The average Bonchev–Trinajstić information content (AvgIpc) is 2.86. The number of halogens is 1. The summed E-state index contributed by atoms with van der Waals surface area (Å²) in [5.41, 5.74) is 7.27. The smallest absolute Gasteiger partial charge is 0.262 e. The topological polar surface area (TPSA) is 68.0 Å². The molecular weight excluding hydrogens is 354 g/mol. The van der Waals surface area contributed by atoms with E-state index >= 15 is 0 Å². The Morgan fingerprint density at radius 1 is 1.35 bits per heavy atom. The van der Waals surface area contributed by atoms with E-state index in [4.69, 9.17) is 15.2 Å². The maximum absolute atomic E-state index is 12.0. The van der Waals surface area contributed by atoms with E-state index in [9.17, 15) is 4.79 Å². The fourth-order valence-electron chi connectivity index (χ4n) is 3.10. The molecule has 2 rings (SSSR count). The molecule has 0 aromatic heterocycles. The van der Waals surface area contributed by atoms with Crippen molar-refractivity contribution in [1.29, 1.82) is 0 Å². The zero-order chi connectivity index (χ0) is 18.6. The van der Waals surface area contributed by atoms with E-state index in [0.29, 0.717) is 24.0 Å². The minimum atomic E-state index is -0.558. The first kappa shape index (κ1) is 22.5. The third-order valence-electron chi connectivity index (χ3n) is 4.55. The first-order valence-electron chi connectivity index (χ1n) is 8.93. The van der Waals surface area contributed by atoms with Gasteiger partial charge in [0.2, 0.25) is 0 Å². The first-order valence-corrected chi connectivity index (χ1v) is 8.93. The highest BCUT2D eigenvalue weighted by Gasteiger charge is 2.26. The van der Waals surface area contributed by atoms with Crippen LogP contribution in [0.25, 0.3) is 0 Å². The van der Waals surface area contributed by atoms with Crippen molar-refractivity contribution in [3.63, 3.8) is 0 Å². The van der Waals surface area contributed by atoms with Crippen molar-refractivity contribution in [2.75, 3.05) is 33.8 Å². The number of carbonyl (C=O) groups is 1. The van der Waals surface area contributed by atoms with Gasteiger partial charge in [0.1, 0.15) is 0 Å². The van der Waals surface area contributed by atoms with Gasteiger partial charge in [-0.25, -0.2) is 0 Å². The summed E-state index contributed by atoms with van der Waals surface area (Å²) in [5, 5.41) is 0. The van der Waals surface area contributed by atoms with Crippen molar-refractivity contribution in [2.24, 2.45) is 11.7 Å². The average molecular weight is 386 g/mol. The number of hydrogen-bond acceptors (Lipinski definition) is 5. The Labute approximate surface area is 163 Å². The molecule has 1 aliphatic rings. The number of nitrogens with two attached hydrogens (primary N) is 1. The highest BCUT2D eigenvalue weighted by Crippen LogP contribution is 2.30. The summed E-state index contributed by atoms with van der Waals surface area (Å²) in [6, 6.07) is 6.16. The molecule has 26 heavy (non-hydrogen) atoms. The van der Waals surface area contributed by atoms with Crippen LogP contribution in [0.15, 0.2) is 18.2 Å². The zero-order valence-electron chi connectivity index (χ0n) is 16.4. The van der Waals surface area contributed by atoms with Crippen LogP contribution in [0.4, 0.5) is 0 Å². The lowest BCUT2D eigenvalue weighted by molar-refractivity contribution is -0.135. The van der Waals surface area contributed by atoms with Gasteiger partial charge < -0.3 is 20.1 Å². The summed E-state index contributed by atoms with van der Waals surface area (Å²) in [4.78, 5) is 15.9. The SMILES string of the molecule is CCOc1cc(CN2CC(C)C(N)C2)ccc1OC(C)C(=O)N(C)C.Cl. The Kier molecular flexibility index (Phi) is 8.67. The van der Waals surface area contributed by atoms with Gasteiger partial charge in [0.15, 0.2) is 17.6 Å². The van der Waals surface area contributed by atoms with E-state index in [0.717, 1.165) is 25.2 Å². The summed E-state index contributed by atoms with van der Waals surface area (Å²) < 4.78 is 11.6. The summed E-state index contributed by atoms with van der Waals surface area (Å²) in [6.45, 7) is 9.18. The van der Waals surface area contributed by atoms with E-state index < -0.39 is 6.10 Å². The fourth-order valence-corrected chi connectivity index (χ4v) is 3.10. The summed E-state index contributed by atoms with van der Waals surface area (Å²) in [5.74, 6) is 1.72. The van der Waals surface area contributed by atoms with Crippen LogP contribution in [0.3, 0.4) is 0 Å². The molecule has 1 heterocycles. The number of likely N-dealkylation sites (tertiary alicyclic amines) is 1. The van der Waals surface area contributed by atoms with Crippen LogP contribution < -0.4 is 15.2 Å². The lowest BCUT2D eigenvalue weighted by atomic mass is 10.1. The normalized spacial score (nSPS) is 21.0. The largest absolute Gasteiger partial charge is 0.490 e. The highest BCUT2D eigenvalue weighted by molar-refractivity contribution is 5.85. The molecule has 1 aromatic rings. The number of nitrogens with zero attached hydrogens (tertiary/aromatic N) is 2. The number of benzene rings is 1. The molecule has 6 nitrogen and oxygen atoms in total. The van der Waals surface area contributed by atoms with E-state index in [-0.39, 0.29) is 24.4 Å². The van der Waals surface area contributed by atoms with Gasteiger partial charge in [0.25, 0.3) is 5.91 Å². The van der Waals surface area contributed by atoms with Gasteiger partial charge in [0.05, 0.1) is 6.61 Å². The second kappa shape index (κ2) is 10.00. The minimum Gasteiger partial charge on any atom is -0.490 e. The Morgan fingerprint density at radius 2 is 2.04 bits per heavy atom. The van der Waals surface area contributed by atoms with Crippen LogP contribution in [-0.4, -0.2) is 61.6 Å². The third-order valence-corrected chi connectivity index (χ3v) is 4.55. The van der Waals surface area contributed by atoms with E-state index in [1.807, 2.05) is 25.1 Å². The number of ether oxygens (including phenoxy) is 2. The number of likely N-dealkylation sites (N-methyl/N-ethyl adjacent to an activating group) is 1. The predicted molar refractivity (Wildman–Crippen MR) is 106 cm³/mol. The Bertz CT molecular complexity index is 587. The van der Waals surface area contributed by atoms with Gasteiger partial charge in [-0.15, -0.1) is 12.4 Å². The molecule has 1 fully saturated rings. The van der Waals surface area contributed by atoms with Crippen LogP contribution in [0.1, 0.15) is 26.3 Å². The standard InChI is InChI=1S/C19H31N3O3.ClH/c1-6-24-18-9-15(11-22-10-13(2)16(20)12-22)7-8-17(18)25-14(3)19(23)21(4)5;/h7-9,13-14,16H,6,10-12,20H2,1-5H3;1H. The van der Waals surface area contributed by atoms with Crippen LogP contribution in [-0.2, 0) is 11.3 Å². The summed E-state index contributed by atoms with van der Waals surface area (Å²) in [7, 11) is 3.44.